The zero-order chi connectivity index (χ0) is 16.4. The van der Waals surface area contributed by atoms with Gasteiger partial charge in [0.2, 0.25) is 5.71 Å². The highest BCUT2D eigenvalue weighted by atomic mass is 35.5. The van der Waals surface area contributed by atoms with E-state index in [9.17, 15) is 10.0 Å². The zero-order valence-electron chi connectivity index (χ0n) is 12.1. The zero-order valence-corrected chi connectivity index (χ0v) is 13.6. The van der Waals surface area contributed by atoms with Crippen LogP contribution >= 0.6 is 23.4 Å². The molecule has 7 nitrogen and oxygen atoms in total. The number of fused-ring (bicyclic) bond motifs is 1. The Bertz CT molecular complexity index is 717. The Labute approximate surface area is 141 Å². The molecule has 0 aliphatic carbocycles. The summed E-state index contributed by atoms with van der Waals surface area (Å²) >= 11 is 7.24. The normalized spacial score (nSPS) is 19.8. The molecule has 2 aliphatic heterocycles. The van der Waals surface area contributed by atoms with Crippen LogP contribution in [-0.4, -0.2) is 33.6 Å². The van der Waals surface area contributed by atoms with E-state index in [1.165, 1.54) is 11.8 Å². The number of hydrogen-bond acceptors (Lipinski definition) is 8. The Morgan fingerprint density at radius 1 is 1.52 bits per heavy atom. The average molecular weight is 353 g/mol. The van der Waals surface area contributed by atoms with E-state index in [4.69, 9.17) is 16.3 Å². The predicted molar refractivity (Wildman–Crippen MR) is 88.1 cm³/mol. The molecule has 2 heterocycles. The van der Waals surface area contributed by atoms with Crippen molar-refractivity contribution in [1.29, 1.82) is 0 Å². The molecule has 1 unspecified atom stereocenters. The van der Waals surface area contributed by atoms with Gasteiger partial charge in [-0.15, -0.1) is 0 Å². The summed E-state index contributed by atoms with van der Waals surface area (Å²) in [6, 6.07) is 7.27. The Morgan fingerprint density at radius 3 is 2.91 bits per heavy atom. The molecule has 0 spiro atoms. The van der Waals surface area contributed by atoms with Crippen molar-refractivity contribution in [3.63, 3.8) is 0 Å². The third-order valence-corrected chi connectivity index (χ3v) is 4.37. The summed E-state index contributed by atoms with van der Waals surface area (Å²) in [7, 11) is 0. The van der Waals surface area contributed by atoms with Gasteiger partial charge in [0.05, 0.1) is 12.3 Å². The van der Waals surface area contributed by atoms with E-state index >= 15 is 0 Å². The molecule has 0 radical (unpaired) electrons. The summed E-state index contributed by atoms with van der Waals surface area (Å²) < 4.78 is 4.93. The van der Waals surface area contributed by atoms with Crippen LogP contribution in [0.5, 0.6) is 0 Å². The first-order valence-electron chi connectivity index (χ1n) is 6.80. The highest BCUT2D eigenvalue weighted by molar-refractivity contribution is 8.16. The van der Waals surface area contributed by atoms with Crippen molar-refractivity contribution in [1.82, 2.24) is 10.3 Å². The smallest absolute Gasteiger partial charge is 0.362 e. The molecule has 1 aromatic carbocycles. The van der Waals surface area contributed by atoms with E-state index in [2.05, 4.69) is 15.7 Å². The fourth-order valence-corrected chi connectivity index (χ4v) is 3.25. The SMILES string of the molecule is CCOC(=O)/C(=N/O)C1=CSC2=NNC(c3ccc(Cl)cc3)N12. The van der Waals surface area contributed by atoms with Gasteiger partial charge in [0.25, 0.3) is 0 Å². The lowest BCUT2D eigenvalue weighted by Crippen LogP contribution is -2.35. The van der Waals surface area contributed by atoms with Gasteiger partial charge in [0, 0.05) is 10.4 Å². The quantitative estimate of drug-likeness (QED) is 0.375. The number of nitrogens with one attached hydrogen (secondary N) is 1. The van der Waals surface area contributed by atoms with Crippen LogP contribution in [0.4, 0.5) is 0 Å². The van der Waals surface area contributed by atoms with Crippen LogP contribution in [0.15, 0.2) is 45.6 Å². The van der Waals surface area contributed by atoms with Gasteiger partial charge >= 0.3 is 5.97 Å². The van der Waals surface area contributed by atoms with Gasteiger partial charge in [0.1, 0.15) is 6.17 Å². The first kappa shape index (κ1) is 15.7. The molecular formula is C14H13ClN4O3S. The number of ether oxygens (including phenoxy) is 1. The number of carbonyl (C=O) groups is 1. The Morgan fingerprint density at radius 2 is 2.26 bits per heavy atom. The fourth-order valence-electron chi connectivity index (χ4n) is 2.26. The number of hydrogen-bond donors (Lipinski definition) is 2. The van der Waals surface area contributed by atoms with Crippen LogP contribution in [0.2, 0.25) is 5.02 Å². The lowest BCUT2D eigenvalue weighted by molar-refractivity contribution is -0.135. The van der Waals surface area contributed by atoms with Gasteiger partial charge < -0.3 is 9.94 Å². The van der Waals surface area contributed by atoms with Crippen LogP contribution in [-0.2, 0) is 9.53 Å². The number of nitrogens with zero attached hydrogens (tertiary/aromatic N) is 3. The average Bonchev–Trinajstić information content (AvgIpc) is 3.12. The van der Waals surface area contributed by atoms with Crippen LogP contribution < -0.4 is 5.43 Å². The Kier molecular flexibility index (Phi) is 4.44. The van der Waals surface area contributed by atoms with Gasteiger partial charge in [0.15, 0.2) is 5.17 Å². The van der Waals surface area contributed by atoms with Crippen LogP contribution in [0.25, 0.3) is 0 Å². The minimum absolute atomic E-state index is 0.160. The number of rotatable bonds is 4. The third-order valence-electron chi connectivity index (χ3n) is 3.28. The number of esters is 1. The number of hydrazone groups is 1. The summed E-state index contributed by atoms with van der Waals surface area (Å²) in [5.41, 5.74) is 4.17. The molecule has 0 saturated carbocycles. The van der Waals surface area contributed by atoms with E-state index in [0.29, 0.717) is 15.9 Å². The van der Waals surface area contributed by atoms with E-state index < -0.39 is 5.97 Å². The predicted octanol–water partition coefficient (Wildman–Crippen LogP) is 2.50. The van der Waals surface area contributed by atoms with Crippen molar-refractivity contribution >= 4 is 40.2 Å². The van der Waals surface area contributed by atoms with Crippen molar-refractivity contribution < 1.29 is 14.7 Å². The molecule has 1 atom stereocenters. The molecular weight excluding hydrogens is 340 g/mol. The van der Waals surface area contributed by atoms with Gasteiger partial charge in [-0.2, -0.15) is 5.10 Å². The minimum atomic E-state index is -0.690. The van der Waals surface area contributed by atoms with Gasteiger partial charge in [-0.05, 0) is 24.6 Å². The standard InChI is InChI=1S/C14H13ClN4O3S/c1-2-22-13(20)11(18-21)10-7-23-14-17-16-12(19(10)14)8-3-5-9(15)6-4-8/h3-7,12,16,21H,2H2,1H3/b18-11+. The highest BCUT2D eigenvalue weighted by Gasteiger charge is 2.40. The van der Waals surface area contributed by atoms with Crippen LogP contribution in [0, 0.1) is 0 Å². The lowest BCUT2D eigenvalue weighted by atomic mass is 10.1. The monoisotopic (exact) mass is 352 g/mol. The van der Waals surface area contributed by atoms with E-state index in [0.717, 1.165) is 5.56 Å². The second kappa shape index (κ2) is 6.51. The van der Waals surface area contributed by atoms with Gasteiger partial charge in [-0.3, -0.25) is 10.3 Å². The topological polar surface area (TPSA) is 86.5 Å². The molecule has 0 fully saturated rings. The first-order chi connectivity index (χ1) is 11.2. The number of amidine groups is 1. The maximum atomic E-state index is 12.0. The summed E-state index contributed by atoms with van der Waals surface area (Å²) in [5, 5.41) is 19.6. The van der Waals surface area contributed by atoms with Crippen LogP contribution in [0.3, 0.4) is 0 Å². The number of benzene rings is 1. The van der Waals surface area contributed by atoms with E-state index in [1.54, 1.807) is 29.4 Å². The maximum absolute atomic E-state index is 12.0. The molecule has 0 saturated heterocycles. The van der Waals surface area contributed by atoms with Gasteiger partial charge in [-0.1, -0.05) is 40.7 Å². The number of halogens is 1. The molecule has 2 aliphatic rings. The number of thioether (sulfide) groups is 1. The summed E-state index contributed by atoms with van der Waals surface area (Å²) in [4.78, 5) is 13.7. The number of carbonyl (C=O) groups excluding carboxylic acids is 1. The maximum Gasteiger partial charge on any atom is 0.362 e. The largest absolute Gasteiger partial charge is 0.461 e. The highest BCUT2D eigenvalue weighted by Crippen LogP contribution is 2.38. The molecule has 0 amide bonds. The molecule has 0 aromatic heterocycles. The summed E-state index contributed by atoms with van der Waals surface area (Å²) in [5.74, 6) is -0.690. The lowest BCUT2D eigenvalue weighted by Gasteiger charge is -2.25. The van der Waals surface area contributed by atoms with Gasteiger partial charge in [-0.25, -0.2) is 4.79 Å². The summed E-state index contributed by atoms with van der Waals surface area (Å²) in [6.07, 6.45) is -0.324. The Balaban J connectivity index is 1.90. The van der Waals surface area contributed by atoms with E-state index in [-0.39, 0.29) is 18.5 Å². The molecule has 1 aromatic rings. The van der Waals surface area contributed by atoms with E-state index in [1.807, 2.05) is 12.1 Å². The molecule has 3 rings (SSSR count). The third kappa shape index (κ3) is 2.87. The Hall–Kier alpha value is -2.19. The van der Waals surface area contributed by atoms with Crippen molar-refractivity contribution in [2.24, 2.45) is 10.3 Å². The van der Waals surface area contributed by atoms with Crippen LogP contribution in [0.1, 0.15) is 18.7 Å². The van der Waals surface area contributed by atoms with Crippen molar-refractivity contribution in [3.8, 4) is 0 Å². The molecule has 2 N–H and O–H groups in total. The molecule has 0 bridgehead atoms. The molecule has 9 heteroatoms. The second-order valence-corrected chi connectivity index (χ2v) is 5.91. The first-order valence-corrected chi connectivity index (χ1v) is 8.05. The summed E-state index contributed by atoms with van der Waals surface area (Å²) in [6.45, 7) is 1.88. The molecule has 120 valence electrons. The van der Waals surface area contributed by atoms with Crippen molar-refractivity contribution in [2.75, 3.05) is 6.61 Å². The minimum Gasteiger partial charge on any atom is -0.461 e. The second-order valence-electron chi connectivity index (χ2n) is 4.64. The van der Waals surface area contributed by atoms with Crippen molar-refractivity contribution in [2.45, 2.75) is 13.1 Å². The fraction of sp³-hybridized carbons (Fsp3) is 0.214. The molecule has 23 heavy (non-hydrogen) atoms. The number of oxime groups is 1. The van der Waals surface area contributed by atoms with Crippen molar-refractivity contribution in [3.05, 3.63) is 46.0 Å².